The van der Waals surface area contributed by atoms with Gasteiger partial charge in [-0.25, -0.2) is 0 Å². The van der Waals surface area contributed by atoms with Crippen LogP contribution in [0.5, 0.6) is 0 Å². The fraction of sp³-hybridized carbons (Fsp3) is 0.500. The summed E-state index contributed by atoms with van der Waals surface area (Å²) >= 11 is 0. The van der Waals surface area contributed by atoms with Crippen molar-refractivity contribution < 1.29 is 9.53 Å². The molecule has 0 aromatic heterocycles. The van der Waals surface area contributed by atoms with E-state index in [9.17, 15) is 4.79 Å². The van der Waals surface area contributed by atoms with Crippen LogP contribution in [-0.4, -0.2) is 19.1 Å². The maximum Gasteiger partial charge on any atom is 0.246 e. The summed E-state index contributed by atoms with van der Waals surface area (Å²) < 4.78 is 5.21. The highest BCUT2D eigenvalue weighted by atomic mass is 16.5. The molecule has 0 bridgehead atoms. The molecule has 0 aliphatic carbocycles. The minimum Gasteiger partial charge on any atom is -0.372 e. The quantitative estimate of drug-likeness (QED) is 0.769. The molecule has 0 spiro atoms. The lowest BCUT2D eigenvalue weighted by molar-refractivity contribution is -0.127. The fourth-order valence-electron chi connectivity index (χ4n) is 1.62. The summed E-state index contributed by atoms with van der Waals surface area (Å²) in [6, 6.07) is 9.92. The van der Waals surface area contributed by atoms with Crippen LogP contribution in [0, 0.1) is 0 Å². The van der Waals surface area contributed by atoms with E-state index in [1.54, 1.807) is 0 Å². The van der Waals surface area contributed by atoms with Crippen LogP contribution in [0.2, 0.25) is 0 Å². The molecular weight excluding hydrogens is 214 g/mol. The summed E-state index contributed by atoms with van der Waals surface area (Å²) in [7, 11) is 0. The molecule has 3 heteroatoms. The van der Waals surface area contributed by atoms with Crippen LogP contribution in [0.25, 0.3) is 0 Å². The topological polar surface area (TPSA) is 38.3 Å². The SMILES string of the molecule is CCCOCC(=O)NC(C)(C)c1ccccc1. The third-order valence-electron chi connectivity index (χ3n) is 2.53. The maximum atomic E-state index is 11.7. The molecule has 0 atom stereocenters. The maximum absolute atomic E-state index is 11.7. The lowest BCUT2D eigenvalue weighted by atomic mass is 9.94. The Bertz CT molecular complexity index is 346. The molecule has 0 saturated carbocycles. The summed E-state index contributed by atoms with van der Waals surface area (Å²) in [6.07, 6.45) is 0.926. The minimum absolute atomic E-state index is 0.0766. The van der Waals surface area contributed by atoms with Crippen LogP contribution in [0.15, 0.2) is 30.3 Å². The third-order valence-corrected chi connectivity index (χ3v) is 2.53. The van der Waals surface area contributed by atoms with E-state index < -0.39 is 0 Å². The zero-order valence-electron chi connectivity index (χ0n) is 10.8. The number of hydrogen-bond donors (Lipinski definition) is 1. The van der Waals surface area contributed by atoms with Gasteiger partial charge in [-0.05, 0) is 25.8 Å². The number of benzene rings is 1. The van der Waals surface area contributed by atoms with Crippen LogP contribution in [0.3, 0.4) is 0 Å². The first-order chi connectivity index (χ1) is 8.06. The summed E-state index contributed by atoms with van der Waals surface area (Å²) in [5, 5.41) is 2.97. The molecule has 1 aromatic carbocycles. The molecule has 0 heterocycles. The number of ether oxygens (including phenoxy) is 1. The van der Waals surface area contributed by atoms with E-state index in [0.29, 0.717) is 6.61 Å². The molecule has 0 saturated heterocycles. The Morgan fingerprint density at radius 1 is 1.29 bits per heavy atom. The van der Waals surface area contributed by atoms with Gasteiger partial charge < -0.3 is 10.1 Å². The van der Waals surface area contributed by atoms with Gasteiger partial charge in [0.1, 0.15) is 6.61 Å². The highest BCUT2D eigenvalue weighted by molar-refractivity contribution is 5.78. The van der Waals surface area contributed by atoms with E-state index in [4.69, 9.17) is 4.74 Å². The molecule has 94 valence electrons. The average Bonchev–Trinajstić information content (AvgIpc) is 2.30. The second-order valence-electron chi connectivity index (χ2n) is 4.59. The van der Waals surface area contributed by atoms with Gasteiger partial charge in [-0.2, -0.15) is 0 Å². The zero-order valence-corrected chi connectivity index (χ0v) is 10.8. The van der Waals surface area contributed by atoms with Gasteiger partial charge in [-0.1, -0.05) is 37.3 Å². The lowest BCUT2D eigenvalue weighted by Crippen LogP contribution is -2.42. The monoisotopic (exact) mass is 235 g/mol. The number of carbonyl (C=O) groups excluding carboxylic acids is 1. The number of nitrogens with one attached hydrogen (secondary N) is 1. The molecule has 1 rings (SSSR count). The van der Waals surface area contributed by atoms with Crippen molar-refractivity contribution >= 4 is 5.91 Å². The smallest absolute Gasteiger partial charge is 0.246 e. The number of hydrogen-bond acceptors (Lipinski definition) is 2. The van der Waals surface area contributed by atoms with Crippen molar-refractivity contribution in [1.29, 1.82) is 0 Å². The standard InChI is InChI=1S/C14H21NO2/c1-4-10-17-11-13(16)15-14(2,3)12-8-6-5-7-9-12/h5-9H,4,10-11H2,1-3H3,(H,15,16). The van der Waals surface area contributed by atoms with Crippen molar-refractivity contribution in [2.75, 3.05) is 13.2 Å². The van der Waals surface area contributed by atoms with Crippen LogP contribution < -0.4 is 5.32 Å². The molecule has 0 fully saturated rings. The van der Waals surface area contributed by atoms with Crippen molar-refractivity contribution in [2.24, 2.45) is 0 Å². The summed E-state index contributed by atoms with van der Waals surface area (Å²) in [5.41, 5.74) is 0.720. The third kappa shape index (κ3) is 4.57. The van der Waals surface area contributed by atoms with Gasteiger partial charge in [0.2, 0.25) is 5.91 Å². The van der Waals surface area contributed by atoms with Gasteiger partial charge in [0.15, 0.2) is 0 Å². The van der Waals surface area contributed by atoms with Crippen molar-refractivity contribution in [3.63, 3.8) is 0 Å². The predicted molar refractivity (Wildman–Crippen MR) is 68.7 cm³/mol. The molecule has 1 N–H and O–H groups in total. The number of rotatable bonds is 6. The van der Waals surface area contributed by atoms with E-state index >= 15 is 0 Å². The van der Waals surface area contributed by atoms with Gasteiger partial charge >= 0.3 is 0 Å². The fourth-order valence-corrected chi connectivity index (χ4v) is 1.62. The van der Waals surface area contributed by atoms with Crippen molar-refractivity contribution in [2.45, 2.75) is 32.7 Å². The van der Waals surface area contributed by atoms with E-state index in [0.717, 1.165) is 12.0 Å². The molecule has 3 nitrogen and oxygen atoms in total. The summed E-state index contributed by atoms with van der Waals surface area (Å²) in [4.78, 5) is 11.7. The van der Waals surface area contributed by atoms with E-state index in [2.05, 4.69) is 5.32 Å². The Morgan fingerprint density at radius 2 is 1.94 bits per heavy atom. The Balaban J connectivity index is 2.52. The van der Waals surface area contributed by atoms with E-state index in [1.807, 2.05) is 51.1 Å². The Labute approximate surface area is 103 Å². The molecule has 0 radical (unpaired) electrons. The van der Waals surface area contributed by atoms with E-state index in [1.165, 1.54) is 0 Å². The largest absolute Gasteiger partial charge is 0.372 e. The first-order valence-corrected chi connectivity index (χ1v) is 6.00. The van der Waals surface area contributed by atoms with E-state index in [-0.39, 0.29) is 18.1 Å². The summed E-state index contributed by atoms with van der Waals surface area (Å²) in [5.74, 6) is -0.0766. The normalized spacial score (nSPS) is 11.2. The Hall–Kier alpha value is -1.35. The Kier molecular flexibility index (Phi) is 5.16. The van der Waals surface area contributed by atoms with Crippen molar-refractivity contribution in [1.82, 2.24) is 5.32 Å². The molecular formula is C14H21NO2. The molecule has 1 aromatic rings. The van der Waals surface area contributed by atoms with Crippen LogP contribution in [-0.2, 0) is 15.1 Å². The zero-order chi connectivity index (χ0) is 12.7. The molecule has 1 amide bonds. The molecule has 0 aliphatic rings. The van der Waals surface area contributed by atoms with Crippen molar-refractivity contribution in [3.8, 4) is 0 Å². The van der Waals surface area contributed by atoms with Gasteiger partial charge in [0.25, 0.3) is 0 Å². The highest BCUT2D eigenvalue weighted by Crippen LogP contribution is 2.18. The molecule has 0 unspecified atom stereocenters. The van der Waals surface area contributed by atoms with Crippen molar-refractivity contribution in [3.05, 3.63) is 35.9 Å². The van der Waals surface area contributed by atoms with Gasteiger partial charge in [-0.15, -0.1) is 0 Å². The second kappa shape index (κ2) is 6.40. The Morgan fingerprint density at radius 3 is 2.53 bits per heavy atom. The molecule has 17 heavy (non-hydrogen) atoms. The van der Waals surface area contributed by atoms with Gasteiger partial charge in [0, 0.05) is 6.61 Å². The predicted octanol–water partition coefficient (Wildman–Crippen LogP) is 2.46. The first kappa shape index (κ1) is 13.7. The lowest BCUT2D eigenvalue weighted by Gasteiger charge is -2.26. The average molecular weight is 235 g/mol. The highest BCUT2D eigenvalue weighted by Gasteiger charge is 2.22. The second-order valence-corrected chi connectivity index (χ2v) is 4.59. The van der Waals surface area contributed by atoms with Gasteiger partial charge in [-0.3, -0.25) is 4.79 Å². The first-order valence-electron chi connectivity index (χ1n) is 6.00. The number of carbonyl (C=O) groups is 1. The van der Waals surface area contributed by atoms with Crippen LogP contribution in [0.1, 0.15) is 32.8 Å². The number of amides is 1. The summed E-state index contributed by atoms with van der Waals surface area (Å²) in [6.45, 7) is 6.75. The molecule has 0 aliphatic heterocycles. The minimum atomic E-state index is -0.367. The van der Waals surface area contributed by atoms with Crippen LogP contribution in [0.4, 0.5) is 0 Å². The van der Waals surface area contributed by atoms with Crippen LogP contribution >= 0.6 is 0 Å². The van der Waals surface area contributed by atoms with Gasteiger partial charge in [0.05, 0.1) is 5.54 Å².